The fourth-order valence-corrected chi connectivity index (χ4v) is 3.09. The molecule has 1 atom stereocenters. The van der Waals surface area contributed by atoms with Gasteiger partial charge in [0.2, 0.25) is 11.8 Å². The molecule has 1 aromatic carbocycles. The van der Waals surface area contributed by atoms with Gasteiger partial charge in [0, 0.05) is 32.6 Å². The van der Waals surface area contributed by atoms with Crippen molar-refractivity contribution in [1.82, 2.24) is 9.80 Å². The molecule has 0 aromatic heterocycles. The van der Waals surface area contributed by atoms with Crippen LogP contribution in [0, 0.1) is 5.92 Å². The Morgan fingerprint density at radius 3 is 2.67 bits per heavy atom. The smallest absolute Gasteiger partial charge is 0.342 e. The highest BCUT2D eigenvalue weighted by Gasteiger charge is 2.39. The van der Waals surface area contributed by atoms with Gasteiger partial charge < -0.3 is 9.80 Å². The van der Waals surface area contributed by atoms with E-state index < -0.39 is 17.7 Å². The Morgan fingerprint density at radius 2 is 2.04 bits per heavy atom. The van der Waals surface area contributed by atoms with E-state index in [1.165, 1.54) is 11.0 Å². The zero-order valence-corrected chi connectivity index (χ0v) is 13.3. The van der Waals surface area contributed by atoms with Crippen molar-refractivity contribution in [1.29, 1.82) is 0 Å². The molecule has 1 saturated heterocycles. The van der Waals surface area contributed by atoms with Crippen molar-refractivity contribution in [2.45, 2.75) is 38.0 Å². The van der Waals surface area contributed by atoms with Crippen LogP contribution >= 0.6 is 0 Å². The fourth-order valence-electron chi connectivity index (χ4n) is 3.09. The standard InChI is InChI=1S/C17H19F3N2O2/c1-21(14-5-6-14)16(24)12-8-15(23)22(10-12)9-11-3-2-4-13(7-11)17(18,19)20/h2-4,7,12,14H,5-6,8-10H2,1H3. The van der Waals surface area contributed by atoms with E-state index in [2.05, 4.69) is 0 Å². The molecule has 2 aliphatic rings. The first-order chi connectivity index (χ1) is 11.3. The zero-order valence-electron chi connectivity index (χ0n) is 13.3. The summed E-state index contributed by atoms with van der Waals surface area (Å²) in [5, 5.41) is 0. The number of halogens is 3. The molecule has 1 heterocycles. The van der Waals surface area contributed by atoms with Crippen LogP contribution in [0.2, 0.25) is 0 Å². The second-order valence-corrected chi connectivity index (χ2v) is 6.55. The highest BCUT2D eigenvalue weighted by Crippen LogP contribution is 2.31. The van der Waals surface area contributed by atoms with Gasteiger partial charge in [0.15, 0.2) is 0 Å². The van der Waals surface area contributed by atoms with Gasteiger partial charge in [0.25, 0.3) is 0 Å². The minimum Gasteiger partial charge on any atom is -0.342 e. The van der Waals surface area contributed by atoms with Gasteiger partial charge in [-0.3, -0.25) is 9.59 Å². The predicted molar refractivity (Wildman–Crippen MR) is 80.8 cm³/mol. The number of nitrogens with zero attached hydrogens (tertiary/aromatic N) is 2. The SMILES string of the molecule is CN(C(=O)C1CC(=O)N(Cc2cccc(C(F)(F)F)c2)C1)C1CC1. The van der Waals surface area contributed by atoms with E-state index in [4.69, 9.17) is 0 Å². The fraction of sp³-hybridized carbons (Fsp3) is 0.529. The largest absolute Gasteiger partial charge is 0.416 e. The molecule has 1 unspecified atom stereocenters. The third kappa shape index (κ3) is 3.55. The second kappa shape index (κ2) is 6.11. The average molecular weight is 340 g/mol. The molecule has 0 bridgehead atoms. The highest BCUT2D eigenvalue weighted by atomic mass is 19.4. The first kappa shape index (κ1) is 16.8. The Morgan fingerprint density at radius 1 is 1.33 bits per heavy atom. The van der Waals surface area contributed by atoms with Crippen molar-refractivity contribution in [3.05, 3.63) is 35.4 Å². The molecule has 4 nitrogen and oxygen atoms in total. The summed E-state index contributed by atoms with van der Waals surface area (Å²) in [4.78, 5) is 27.6. The molecule has 0 spiro atoms. The predicted octanol–water partition coefficient (Wildman–Crippen LogP) is 2.67. The normalized spacial score (nSPS) is 21.2. The van der Waals surface area contributed by atoms with Crippen LogP contribution in [0.4, 0.5) is 13.2 Å². The second-order valence-electron chi connectivity index (χ2n) is 6.55. The zero-order chi connectivity index (χ0) is 17.5. The Balaban J connectivity index is 1.66. The number of hydrogen-bond donors (Lipinski definition) is 0. The van der Waals surface area contributed by atoms with Gasteiger partial charge in [-0.1, -0.05) is 12.1 Å². The summed E-state index contributed by atoms with van der Waals surface area (Å²) in [5.74, 6) is -0.624. The lowest BCUT2D eigenvalue weighted by atomic mass is 10.1. The van der Waals surface area contributed by atoms with Gasteiger partial charge in [-0.2, -0.15) is 13.2 Å². The number of carbonyl (C=O) groups excluding carboxylic acids is 2. The van der Waals surface area contributed by atoms with Crippen molar-refractivity contribution in [3.63, 3.8) is 0 Å². The van der Waals surface area contributed by atoms with Gasteiger partial charge in [-0.15, -0.1) is 0 Å². The van der Waals surface area contributed by atoms with Crippen molar-refractivity contribution in [2.75, 3.05) is 13.6 Å². The molecule has 1 aliphatic heterocycles. The summed E-state index contributed by atoms with van der Waals surface area (Å²) < 4.78 is 38.3. The number of benzene rings is 1. The molecule has 1 saturated carbocycles. The Hall–Kier alpha value is -2.05. The number of alkyl halides is 3. The van der Waals surface area contributed by atoms with E-state index in [9.17, 15) is 22.8 Å². The van der Waals surface area contributed by atoms with Gasteiger partial charge in [-0.05, 0) is 30.5 Å². The first-order valence-electron chi connectivity index (χ1n) is 7.96. The lowest BCUT2D eigenvalue weighted by molar-refractivity contribution is -0.137. The summed E-state index contributed by atoms with van der Waals surface area (Å²) >= 11 is 0. The van der Waals surface area contributed by atoms with Gasteiger partial charge in [-0.25, -0.2) is 0 Å². The van der Waals surface area contributed by atoms with E-state index in [-0.39, 0.29) is 37.4 Å². The topological polar surface area (TPSA) is 40.6 Å². The molecule has 3 rings (SSSR count). The molecule has 2 fully saturated rings. The number of hydrogen-bond acceptors (Lipinski definition) is 2. The quantitative estimate of drug-likeness (QED) is 0.846. The molecular weight excluding hydrogens is 321 g/mol. The van der Waals surface area contributed by atoms with Crippen LogP contribution in [0.25, 0.3) is 0 Å². The van der Waals surface area contributed by atoms with Crippen LogP contribution in [-0.4, -0.2) is 41.2 Å². The maximum atomic E-state index is 12.8. The minimum absolute atomic E-state index is 0.0441. The lowest BCUT2D eigenvalue weighted by Crippen LogP contribution is -2.36. The van der Waals surface area contributed by atoms with E-state index in [0.717, 1.165) is 25.0 Å². The average Bonchev–Trinajstić information content (AvgIpc) is 3.31. The van der Waals surface area contributed by atoms with Crippen LogP contribution in [-0.2, 0) is 22.3 Å². The number of carbonyl (C=O) groups is 2. The van der Waals surface area contributed by atoms with Crippen LogP contribution in [0.15, 0.2) is 24.3 Å². The molecule has 1 aromatic rings. The molecule has 1 aliphatic carbocycles. The number of likely N-dealkylation sites (tertiary alicyclic amines) is 1. The molecule has 7 heteroatoms. The third-order valence-electron chi connectivity index (χ3n) is 4.63. The van der Waals surface area contributed by atoms with E-state index in [0.29, 0.717) is 5.56 Å². The molecule has 0 radical (unpaired) electrons. The monoisotopic (exact) mass is 340 g/mol. The minimum atomic E-state index is -4.41. The molecule has 2 amide bonds. The molecule has 130 valence electrons. The first-order valence-corrected chi connectivity index (χ1v) is 7.96. The Bertz CT molecular complexity index is 655. The maximum Gasteiger partial charge on any atom is 0.416 e. The molecule has 24 heavy (non-hydrogen) atoms. The lowest BCUT2D eigenvalue weighted by Gasteiger charge is -2.21. The van der Waals surface area contributed by atoms with Crippen molar-refractivity contribution >= 4 is 11.8 Å². The van der Waals surface area contributed by atoms with Crippen molar-refractivity contribution in [3.8, 4) is 0 Å². The summed E-state index contributed by atoms with van der Waals surface area (Å²) in [6.07, 6.45) is -2.28. The van der Waals surface area contributed by atoms with Crippen LogP contribution in [0.5, 0.6) is 0 Å². The summed E-state index contributed by atoms with van der Waals surface area (Å²) in [5.41, 5.74) is -0.311. The Kier molecular flexibility index (Phi) is 4.27. The maximum absolute atomic E-state index is 12.8. The van der Waals surface area contributed by atoms with Crippen LogP contribution in [0.3, 0.4) is 0 Å². The molecule has 0 N–H and O–H groups in total. The van der Waals surface area contributed by atoms with Gasteiger partial charge >= 0.3 is 6.18 Å². The van der Waals surface area contributed by atoms with Gasteiger partial charge in [0.05, 0.1) is 11.5 Å². The summed E-state index contributed by atoms with van der Waals surface area (Å²) in [7, 11) is 1.75. The molecular formula is C17H19F3N2O2. The highest BCUT2D eigenvalue weighted by molar-refractivity contribution is 5.89. The van der Waals surface area contributed by atoms with Crippen molar-refractivity contribution < 1.29 is 22.8 Å². The van der Waals surface area contributed by atoms with E-state index >= 15 is 0 Å². The summed E-state index contributed by atoms with van der Waals surface area (Å²) in [6, 6.07) is 5.24. The van der Waals surface area contributed by atoms with Crippen LogP contribution in [0.1, 0.15) is 30.4 Å². The number of amides is 2. The van der Waals surface area contributed by atoms with E-state index in [1.807, 2.05) is 0 Å². The van der Waals surface area contributed by atoms with E-state index in [1.54, 1.807) is 18.0 Å². The third-order valence-corrected chi connectivity index (χ3v) is 4.63. The van der Waals surface area contributed by atoms with Crippen molar-refractivity contribution in [2.24, 2.45) is 5.92 Å². The summed E-state index contributed by atoms with van der Waals surface area (Å²) in [6.45, 7) is 0.366. The van der Waals surface area contributed by atoms with Gasteiger partial charge in [0.1, 0.15) is 0 Å². The number of rotatable bonds is 4. The Labute approximate surface area is 138 Å². The van der Waals surface area contributed by atoms with Crippen LogP contribution < -0.4 is 0 Å².